The smallest absolute Gasteiger partial charge is 0.387 e. The van der Waals surface area contributed by atoms with Crippen LogP contribution in [-0.2, 0) is 0 Å². The van der Waals surface area contributed by atoms with Crippen molar-refractivity contribution in [3.05, 3.63) is 42.2 Å². The van der Waals surface area contributed by atoms with Crippen LogP contribution in [-0.4, -0.2) is 73.2 Å². The number of ether oxygens (including phenoxy) is 2. The van der Waals surface area contributed by atoms with Crippen LogP contribution in [0.1, 0.15) is 23.2 Å². The number of benzene rings is 1. The van der Waals surface area contributed by atoms with Crippen LogP contribution < -0.4 is 19.7 Å². The first kappa shape index (κ1) is 22.4. The van der Waals surface area contributed by atoms with E-state index in [2.05, 4.69) is 27.1 Å². The van der Waals surface area contributed by atoms with Crippen molar-refractivity contribution < 1.29 is 23.0 Å². The Morgan fingerprint density at radius 3 is 2.56 bits per heavy atom. The lowest BCUT2D eigenvalue weighted by Gasteiger charge is -2.34. The van der Waals surface area contributed by atoms with Crippen LogP contribution in [0.4, 0.5) is 14.5 Å². The number of halogens is 2. The molecule has 8 nitrogen and oxygen atoms in total. The van der Waals surface area contributed by atoms with Gasteiger partial charge in [-0.1, -0.05) is 0 Å². The predicted octanol–water partition coefficient (Wildman–Crippen LogP) is 3.26. The van der Waals surface area contributed by atoms with Gasteiger partial charge in [0.15, 0.2) is 0 Å². The Balaban J connectivity index is 1.52. The van der Waals surface area contributed by atoms with E-state index in [0.717, 1.165) is 50.4 Å². The van der Waals surface area contributed by atoms with Gasteiger partial charge in [0.25, 0.3) is 5.91 Å². The average Bonchev–Trinajstić information content (AvgIpc) is 3.53. The molecule has 34 heavy (non-hydrogen) atoms. The second-order valence-corrected chi connectivity index (χ2v) is 8.72. The zero-order valence-electron chi connectivity index (χ0n) is 19.1. The number of hydrogen-bond donors (Lipinski definition) is 1. The maximum Gasteiger partial charge on any atom is 0.387 e. The topological polar surface area (TPSA) is 71.3 Å². The Hall–Kier alpha value is -3.40. The van der Waals surface area contributed by atoms with Crippen molar-refractivity contribution >= 4 is 17.2 Å². The summed E-state index contributed by atoms with van der Waals surface area (Å²) in [6.07, 6.45) is 5.33. The number of methoxy groups -OCH3 is 1. The second kappa shape index (κ2) is 9.09. The highest BCUT2D eigenvalue weighted by atomic mass is 19.3. The number of rotatable bonds is 7. The minimum Gasteiger partial charge on any atom is -0.496 e. The Morgan fingerprint density at radius 2 is 1.88 bits per heavy atom. The molecular weight excluding hydrogens is 444 g/mol. The molecule has 3 heterocycles. The number of nitrogens with one attached hydrogen (secondary N) is 1. The van der Waals surface area contributed by atoms with Crippen molar-refractivity contribution in [1.29, 1.82) is 0 Å². The summed E-state index contributed by atoms with van der Waals surface area (Å²) in [5, 5.41) is 2.81. The molecule has 0 bridgehead atoms. The lowest BCUT2D eigenvalue weighted by molar-refractivity contribution is -0.0502. The first-order valence-corrected chi connectivity index (χ1v) is 11.3. The maximum atomic E-state index is 13.2. The fourth-order valence-corrected chi connectivity index (χ4v) is 4.24. The first-order chi connectivity index (χ1) is 16.4. The molecule has 1 aliphatic carbocycles. The number of imidazole rings is 1. The molecule has 2 aromatic heterocycles. The molecule has 10 heteroatoms. The SMILES string of the molecule is COc1cc(-c2cnc3cc(N4CCN(C)CC4)ccn23)cc(OC(F)F)c1C(=O)NC1CC1. The molecule has 1 aliphatic heterocycles. The van der Waals surface area contributed by atoms with Crippen molar-refractivity contribution in [3.8, 4) is 22.8 Å². The number of pyridine rings is 1. The molecule has 2 fully saturated rings. The van der Waals surface area contributed by atoms with Gasteiger partial charge in [-0.25, -0.2) is 4.98 Å². The van der Waals surface area contributed by atoms with Crippen LogP contribution in [0.5, 0.6) is 11.5 Å². The number of fused-ring (bicyclic) bond motifs is 1. The van der Waals surface area contributed by atoms with Gasteiger partial charge >= 0.3 is 6.61 Å². The number of aromatic nitrogens is 2. The average molecular weight is 472 g/mol. The van der Waals surface area contributed by atoms with Gasteiger partial charge in [-0.3, -0.25) is 9.20 Å². The number of anilines is 1. The molecule has 1 aromatic carbocycles. The number of carbonyl (C=O) groups excluding carboxylic acids is 1. The van der Waals surface area contributed by atoms with E-state index in [9.17, 15) is 13.6 Å². The van der Waals surface area contributed by atoms with Crippen molar-refractivity contribution in [2.24, 2.45) is 0 Å². The molecular formula is C24H27F2N5O3. The molecule has 1 saturated heterocycles. The summed E-state index contributed by atoms with van der Waals surface area (Å²) in [6.45, 7) is 0.795. The Kier molecular flexibility index (Phi) is 5.99. The van der Waals surface area contributed by atoms with E-state index in [1.165, 1.54) is 13.2 Å². The number of hydrogen-bond acceptors (Lipinski definition) is 6. The van der Waals surface area contributed by atoms with Gasteiger partial charge in [0.2, 0.25) is 0 Å². The second-order valence-electron chi connectivity index (χ2n) is 8.72. The van der Waals surface area contributed by atoms with Crippen LogP contribution in [0, 0.1) is 0 Å². The van der Waals surface area contributed by atoms with E-state index in [4.69, 9.17) is 9.47 Å². The minimum absolute atomic E-state index is 0.0374. The van der Waals surface area contributed by atoms with Gasteiger partial charge in [0.05, 0.1) is 19.0 Å². The summed E-state index contributed by atoms with van der Waals surface area (Å²) in [4.78, 5) is 21.9. The van der Waals surface area contributed by atoms with Gasteiger partial charge in [-0.15, -0.1) is 0 Å². The summed E-state index contributed by atoms with van der Waals surface area (Å²) in [6, 6.07) is 7.19. The van der Waals surface area contributed by atoms with Gasteiger partial charge < -0.3 is 24.6 Å². The first-order valence-electron chi connectivity index (χ1n) is 11.3. The fourth-order valence-electron chi connectivity index (χ4n) is 4.24. The molecule has 0 radical (unpaired) electrons. The summed E-state index contributed by atoms with van der Waals surface area (Å²) in [5.41, 5.74) is 3.01. The molecule has 1 saturated carbocycles. The zero-order valence-corrected chi connectivity index (χ0v) is 19.1. The molecule has 1 N–H and O–H groups in total. The van der Waals surface area contributed by atoms with Gasteiger partial charge in [0.1, 0.15) is 22.7 Å². The number of amides is 1. The lowest BCUT2D eigenvalue weighted by atomic mass is 10.1. The van der Waals surface area contributed by atoms with Gasteiger partial charge in [0, 0.05) is 55.7 Å². The largest absolute Gasteiger partial charge is 0.496 e. The number of piperazine rings is 1. The molecule has 5 rings (SSSR count). The van der Waals surface area contributed by atoms with E-state index in [1.54, 1.807) is 12.3 Å². The van der Waals surface area contributed by atoms with E-state index >= 15 is 0 Å². The van der Waals surface area contributed by atoms with E-state index in [-0.39, 0.29) is 23.1 Å². The van der Waals surface area contributed by atoms with Crippen molar-refractivity contribution in [2.75, 3.05) is 45.2 Å². The molecule has 0 spiro atoms. The summed E-state index contributed by atoms with van der Waals surface area (Å²) >= 11 is 0. The zero-order chi connectivity index (χ0) is 23.8. The summed E-state index contributed by atoms with van der Waals surface area (Å²) in [5.74, 6) is -0.557. The number of nitrogens with zero attached hydrogens (tertiary/aromatic N) is 4. The third kappa shape index (κ3) is 4.50. The molecule has 0 unspecified atom stereocenters. The third-order valence-electron chi connectivity index (χ3n) is 6.30. The molecule has 3 aromatic rings. The normalized spacial score (nSPS) is 16.8. The number of alkyl halides is 2. The van der Waals surface area contributed by atoms with Crippen molar-refractivity contribution in [2.45, 2.75) is 25.5 Å². The van der Waals surface area contributed by atoms with Crippen LogP contribution in [0.3, 0.4) is 0 Å². The highest BCUT2D eigenvalue weighted by Gasteiger charge is 2.29. The maximum absolute atomic E-state index is 13.2. The third-order valence-corrected chi connectivity index (χ3v) is 6.30. The minimum atomic E-state index is -3.08. The predicted molar refractivity (Wildman–Crippen MR) is 124 cm³/mol. The molecule has 1 amide bonds. The fraction of sp³-hybridized carbons (Fsp3) is 0.417. The van der Waals surface area contributed by atoms with E-state index in [0.29, 0.717) is 11.3 Å². The summed E-state index contributed by atoms with van der Waals surface area (Å²) < 4.78 is 38.5. The standard InChI is InChI=1S/C24H27F2N5O3/c1-29-7-9-30(10-8-29)17-5-6-31-18(14-27-21(31)13-17)15-11-19(33-2)22(20(12-15)34-24(25)26)23(32)28-16-3-4-16/h5-6,11-14,16,24H,3-4,7-10H2,1-2H3,(H,28,32). The van der Waals surface area contributed by atoms with Crippen LogP contribution in [0.25, 0.3) is 16.9 Å². The lowest BCUT2D eigenvalue weighted by Crippen LogP contribution is -2.44. The quantitative estimate of drug-likeness (QED) is 0.571. The molecule has 180 valence electrons. The monoisotopic (exact) mass is 471 g/mol. The molecule has 0 atom stereocenters. The van der Waals surface area contributed by atoms with Crippen LogP contribution in [0.2, 0.25) is 0 Å². The Labute approximate surface area is 196 Å². The molecule has 2 aliphatic rings. The Morgan fingerprint density at radius 1 is 1.15 bits per heavy atom. The van der Waals surface area contributed by atoms with Crippen molar-refractivity contribution in [3.63, 3.8) is 0 Å². The highest BCUT2D eigenvalue weighted by molar-refractivity contribution is 6.01. The highest BCUT2D eigenvalue weighted by Crippen LogP contribution is 2.37. The van der Waals surface area contributed by atoms with E-state index < -0.39 is 12.5 Å². The number of likely N-dealkylation sites (N-methyl/N-ethyl adjacent to an activating group) is 1. The van der Waals surface area contributed by atoms with Crippen LogP contribution in [0.15, 0.2) is 36.7 Å². The van der Waals surface area contributed by atoms with E-state index in [1.807, 2.05) is 22.7 Å². The van der Waals surface area contributed by atoms with Crippen molar-refractivity contribution in [1.82, 2.24) is 19.6 Å². The van der Waals surface area contributed by atoms with Gasteiger partial charge in [-0.05, 0) is 38.1 Å². The van der Waals surface area contributed by atoms with Gasteiger partial charge in [-0.2, -0.15) is 8.78 Å². The Bertz CT molecular complexity index is 1200. The van der Waals surface area contributed by atoms with Crippen LogP contribution >= 0.6 is 0 Å². The number of carbonyl (C=O) groups is 1. The summed E-state index contributed by atoms with van der Waals surface area (Å²) in [7, 11) is 3.51.